The predicted molar refractivity (Wildman–Crippen MR) is 87.7 cm³/mol. The Morgan fingerprint density at radius 1 is 1.32 bits per heavy atom. The lowest BCUT2D eigenvalue weighted by Crippen LogP contribution is -2.41. The zero-order chi connectivity index (χ0) is 18.0. The molecule has 0 aromatic heterocycles. The highest BCUT2D eigenvalue weighted by atomic mass is 16.6. The number of amides is 1. The molecule has 2 aromatic rings. The molecular formula is C16H13N3O6. The number of nitrogens with zero attached hydrogens (tertiary/aromatic N) is 2. The summed E-state index contributed by atoms with van der Waals surface area (Å²) in [4.78, 5) is 35.6. The fraction of sp³-hybridized carbons (Fsp3) is 0.125. The minimum absolute atomic E-state index is 0.0768. The second-order valence-electron chi connectivity index (χ2n) is 5.30. The van der Waals surface area contributed by atoms with Gasteiger partial charge >= 0.3 is 5.97 Å². The number of non-ortho nitro benzene ring substituents is 1. The molecule has 0 fully saturated rings. The molecule has 1 aliphatic rings. The fourth-order valence-corrected chi connectivity index (χ4v) is 2.44. The van der Waals surface area contributed by atoms with Crippen molar-refractivity contribution < 1.29 is 24.4 Å². The van der Waals surface area contributed by atoms with Gasteiger partial charge in [-0.3, -0.25) is 14.9 Å². The van der Waals surface area contributed by atoms with Gasteiger partial charge in [0.2, 0.25) is 5.91 Å². The summed E-state index contributed by atoms with van der Waals surface area (Å²) >= 11 is 0. The van der Waals surface area contributed by atoms with E-state index in [0.717, 1.165) is 18.2 Å². The Bertz CT molecular complexity index is 867. The Balaban J connectivity index is 1.77. The summed E-state index contributed by atoms with van der Waals surface area (Å²) in [6.45, 7) is -0.292. The van der Waals surface area contributed by atoms with Gasteiger partial charge in [0.25, 0.3) is 5.69 Å². The lowest BCUT2D eigenvalue weighted by atomic mass is 10.2. The molecule has 1 aliphatic heterocycles. The highest BCUT2D eigenvalue weighted by molar-refractivity contribution is 5.97. The van der Waals surface area contributed by atoms with Gasteiger partial charge in [-0.2, -0.15) is 0 Å². The number of phenolic OH excluding ortho intramolecular Hbond substituents is 1. The molecule has 0 atom stereocenters. The van der Waals surface area contributed by atoms with Gasteiger partial charge in [-0.1, -0.05) is 12.1 Å². The van der Waals surface area contributed by atoms with Crippen molar-refractivity contribution in [2.24, 2.45) is 0 Å². The average molecular weight is 343 g/mol. The van der Waals surface area contributed by atoms with Crippen LogP contribution < -0.4 is 15.0 Å². The molecule has 0 radical (unpaired) electrons. The Labute approximate surface area is 141 Å². The summed E-state index contributed by atoms with van der Waals surface area (Å²) in [5.41, 5.74) is 0.243. The Morgan fingerprint density at radius 3 is 2.84 bits per heavy atom. The van der Waals surface area contributed by atoms with E-state index in [4.69, 9.17) is 4.74 Å². The molecule has 0 unspecified atom stereocenters. The van der Waals surface area contributed by atoms with Gasteiger partial charge < -0.3 is 20.1 Å². The third-order valence-electron chi connectivity index (χ3n) is 3.55. The van der Waals surface area contributed by atoms with Crippen LogP contribution in [-0.4, -0.2) is 35.0 Å². The van der Waals surface area contributed by atoms with Gasteiger partial charge in [0.15, 0.2) is 5.75 Å². The second kappa shape index (κ2) is 6.48. The molecule has 128 valence electrons. The minimum atomic E-state index is -0.633. The van der Waals surface area contributed by atoms with E-state index >= 15 is 0 Å². The van der Waals surface area contributed by atoms with Crippen LogP contribution in [0.25, 0.3) is 0 Å². The molecule has 0 bridgehead atoms. The SMILES string of the molecule is O=C(CN1CC(=O)Oc2ccccc21)Nc1cc([N+](=O)[O-])ccc1O. The summed E-state index contributed by atoms with van der Waals surface area (Å²) in [5, 5.41) is 22.9. The molecule has 0 saturated carbocycles. The van der Waals surface area contributed by atoms with Gasteiger partial charge in [-0.15, -0.1) is 0 Å². The largest absolute Gasteiger partial charge is 0.506 e. The lowest BCUT2D eigenvalue weighted by Gasteiger charge is -2.29. The summed E-state index contributed by atoms with van der Waals surface area (Å²) in [6, 6.07) is 10.1. The first-order valence-electron chi connectivity index (χ1n) is 7.26. The number of hydrogen-bond donors (Lipinski definition) is 2. The molecular weight excluding hydrogens is 330 g/mol. The number of fused-ring (bicyclic) bond motifs is 1. The van der Waals surface area contributed by atoms with Gasteiger partial charge in [0.1, 0.15) is 12.3 Å². The maximum atomic E-state index is 12.2. The standard InChI is InChI=1S/C16H13N3O6/c20-13-6-5-10(19(23)24)7-11(13)17-15(21)8-18-9-16(22)25-14-4-2-1-3-12(14)18/h1-7,20H,8-9H2,(H,17,21). The van der Waals surface area contributed by atoms with E-state index in [2.05, 4.69) is 5.32 Å². The number of ether oxygens (including phenoxy) is 1. The van der Waals surface area contributed by atoms with Crippen LogP contribution in [0.3, 0.4) is 0 Å². The lowest BCUT2D eigenvalue weighted by molar-refractivity contribution is -0.384. The first kappa shape index (κ1) is 16.2. The van der Waals surface area contributed by atoms with Gasteiger partial charge in [-0.25, -0.2) is 4.79 Å². The molecule has 3 rings (SSSR count). The molecule has 1 heterocycles. The number of nitro groups is 1. The van der Waals surface area contributed by atoms with Crippen LogP contribution in [0.15, 0.2) is 42.5 Å². The van der Waals surface area contributed by atoms with E-state index < -0.39 is 16.8 Å². The highest BCUT2D eigenvalue weighted by Gasteiger charge is 2.25. The molecule has 0 spiro atoms. The Kier molecular flexibility index (Phi) is 4.21. The smallest absolute Gasteiger partial charge is 0.331 e. The molecule has 9 nitrogen and oxygen atoms in total. The monoisotopic (exact) mass is 343 g/mol. The van der Waals surface area contributed by atoms with E-state index in [1.807, 2.05) is 0 Å². The second-order valence-corrected chi connectivity index (χ2v) is 5.30. The molecule has 2 aromatic carbocycles. The van der Waals surface area contributed by atoms with Crippen LogP contribution in [0.1, 0.15) is 0 Å². The van der Waals surface area contributed by atoms with Gasteiger partial charge in [0, 0.05) is 12.1 Å². The van der Waals surface area contributed by atoms with Crippen molar-refractivity contribution >= 4 is 28.9 Å². The van der Waals surface area contributed by atoms with Crippen LogP contribution in [0, 0.1) is 10.1 Å². The number of phenols is 1. The molecule has 9 heteroatoms. The van der Waals surface area contributed by atoms with Gasteiger partial charge in [0.05, 0.1) is 22.8 Å². The molecule has 25 heavy (non-hydrogen) atoms. The number of para-hydroxylation sites is 2. The highest BCUT2D eigenvalue weighted by Crippen LogP contribution is 2.32. The third-order valence-corrected chi connectivity index (χ3v) is 3.55. The Hall–Kier alpha value is -3.62. The summed E-state index contributed by atoms with van der Waals surface area (Å²) < 4.78 is 5.10. The zero-order valence-electron chi connectivity index (χ0n) is 12.8. The number of hydrogen-bond acceptors (Lipinski definition) is 7. The topological polar surface area (TPSA) is 122 Å². The predicted octanol–water partition coefficient (Wildman–Crippen LogP) is 1.66. The minimum Gasteiger partial charge on any atom is -0.506 e. The number of benzene rings is 2. The number of rotatable bonds is 4. The van der Waals surface area contributed by atoms with Crippen molar-refractivity contribution in [3.63, 3.8) is 0 Å². The van der Waals surface area contributed by atoms with Crippen LogP contribution >= 0.6 is 0 Å². The summed E-state index contributed by atoms with van der Waals surface area (Å²) in [5.74, 6) is -0.979. The molecule has 2 N–H and O–H groups in total. The van der Waals surface area contributed by atoms with Crippen molar-refractivity contribution in [3.05, 3.63) is 52.6 Å². The van der Waals surface area contributed by atoms with E-state index in [-0.39, 0.29) is 30.2 Å². The van der Waals surface area contributed by atoms with E-state index in [0.29, 0.717) is 11.4 Å². The summed E-state index contributed by atoms with van der Waals surface area (Å²) in [7, 11) is 0. The molecule has 0 aliphatic carbocycles. The van der Waals surface area contributed by atoms with E-state index in [1.165, 1.54) is 4.90 Å². The molecule has 1 amide bonds. The van der Waals surface area contributed by atoms with Crippen molar-refractivity contribution in [3.8, 4) is 11.5 Å². The number of nitrogens with one attached hydrogen (secondary N) is 1. The van der Waals surface area contributed by atoms with Crippen molar-refractivity contribution in [2.75, 3.05) is 23.3 Å². The number of aromatic hydroxyl groups is 1. The van der Waals surface area contributed by atoms with Crippen LogP contribution in [-0.2, 0) is 9.59 Å². The van der Waals surface area contributed by atoms with Crippen LogP contribution in [0.4, 0.5) is 17.1 Å². The molecule has 0 saturated heterocycles. The number of anilines is 2. The maximum absolute atomic E-state index is 12.2. The third kappa shape index (κ3) is 3.50. The van der Waals surface area contributed by atoms with Gasteiger partial charge in [-0.05, 0) is 18.2 Å². The average Bonchev–Trinajstić information content (AvgIpc) is 2.56. The number of esters is 1. The first-order valence-corrected chi connectivity index (χ1v) is 7.26. The Morgan fingerprint density at radius 2 is 2.08 bits per heavy atom. The number of carbonyl (C=O) groups is 2. The maximum Gasteiger partial charge on any atom is 0.331 e. The van der Waals surface area contributed by atoms with Crippen LogP contribution in [0.2, 0.25) is 0 Å². The zero-order valence-corrected chi connectivity index (χ0v) is 12.8. The van der Waals surface area contributed by atoms with Crippen molar-refractivity contribution in [1.29, 1.82) is 0 Å². The van der Waals surface area contributed by atoms with Crippen molar-refractivity contribution in [2.45, 2.75) is 0 Å². The van der Waals surface area contributed by atoms with Crippen LogP contribution in [0.5, 0.6) is 11.5 Å². The van der Waals surface area contributed by atoms with Crippen molar-refractivity contribution in [1.82, 2.24) is 0 Å². The normalized spacial score (nSPS) is 13.0. The fourth-order valence-electron chi connectivity index (χ4n) is 2.44. The quantitative estimate of drug-likeness (QED) is 0.285. The van der Waals surface area contributed by atoms with E-state index in [1.54, 1.807) is 24.3 Å². The number of carbonyl (C=O) groups excluding carboxylic acids is 2. The number of nitro benzene ring substituents is 1. The first-order chi connectivity index (χ1) is 11.9. The van der Waals surface area contributed by atoms with E-state index in [9.17, 15) is 24.8 Å². The summed E-state index contributed by atoms with van der Waals surface area (Å²) in [6.07, 6.45) is 0.